The van der Waals surface area contributed by atoms with Gasteiger partial charge >= 0.3 is 5.97 Å². The number of ether oxygens (including phenoxy) is 1. The zero-order valence-electron chi connectivity index (χ0n) is 14.8. The second kappa shape index (κ2) is 7.13. The van der Waals surface area contributed by atoms with E-state index in [-0.39, 0.29) is 17.6 Å². The number of fused-ring (bicyclic) bond motifs is 2. The lowest BCUT2D eigenvalue weighted by molar-refractivity contribution is -0.946. The van der Waals surface area contributed by atoms with Crippen molar-refractivity contribution in [3.05, 3.63) is 74.8 Å². The first-order valence-electron chi connectivity index (χ1n) is 8.73. The number of nitrogens with one attached hydrogen (secondary N) is 2. The lowest BCUT2D eigenvalue weighted by Crippen LogP contribution is -3.15. The molecule has 27 heavy (non-hydrogen) atoms. The Balaban J connectivity index is 1.70. The number of hydrogen-bond acceptors (Lipinski definition) is 4. The first-order chi connectivity index (χ1) is 13.0. The van der Waals surface area contributed by atoms with E-state index >= 15 is 0 Å². The Kier molecular flexibility index (Phi) is 4.68. The predicted molar refractivity (Wildman–Crippen MR) is 102 cm³/mol. The zero-order chi connectivity index (χ0) is 19.0. The van der Waals surface area contributed by atoms with E-state index in [1.54, 1.807) is 18.2 Å². The molecular formula is C20H19ClN3O3+. The van der Waals surface area contributed by atoms with Gasteiger partial charge in [-0.05, 0) is 23.8 Å². The highest BCUT2D eigenvalue weighted by molar-refractivity contribution is 6.31. The molecule has 2 aromatic carbocycles. The summed E-state index contributed by atoms with van der Waals surface area (Å²) in [4.78, 5) is 33.1. The number of aromatic nitrogens is 2. The largest absolute Gasteiger partial charge is 0.465 e. The van der Waals surface area contributed by atoms with Crippen LogP contribution < -0.4 is 10.5 Å². The molecule has 0 bridgehead atoms. The van der Waals surface area contributed by atoms with Crippen LogP contribution in [-0.4, -0.2) is 29.1 Å². The molecule has 0 saturated carbocycles. The van der Waals surface area contributed by atoms with E-state index in [2.05, 4.69) is 16.0 Å². The van der Waals surface area contributed by atoms with Crippen molar-refractivity contribution in [3.8, 4) is 0 Å². The molecule has 3 aromatic rings. The molecule has 0 aliphatic carbocycles. The van der Waals surface area contributed by atoms with Crippen LogP contribution in [0.2, 0.25) is 5.02 Å². The Hall–Kier alpha value is -2.70. The number of benzene rings is 2. The fraction of sp³-hybridized carbons (Fsp3) is 0.250. The maximum Gasteiger partial charge on any atom is 0.365 e. The minimum absolute atomic E-state index is 0.210. The molecular weight excluding hydrogens is 366 g/mol. The average molecular weight is 385 g/mol. The molecule has 6 nitrogen and oxygen atoms in total. The van der Waals surface area contributed by atoms with Crippen LogP contribution in [0.25, 0.3) is 10.9 Å². The maximum atomic E-state index is 12.4. The summed E-state index contributed by atoms with van der Waals surface area (Å²) in [5.41, 5.74) is 2.69. The van der Waals surface area contributed by atoms with Gasteiger partial charge in [0.1, 0.15) is 13.1 Å². The van der Waals surface area contributed by atoms with Crippen molar-refractivity contribution >= 4 is 28.5 Å². The smallest absolute Gasteiger partial charge is 0.365 e. The van der Waals surface area contributed by atoms with E-state index in [1.807, 2.05) is 18.2 Å². The second-order valence-corrected chi connectivity index (χ2v) is 7.17. The number of quaternary nitrogens is 1. The number of esters is 1. The highest BCUT2D eigenvalue weighted by Gasteiger charge is 2.36. The molecule has 2 N–H and O–H groups in total. The lowest BCUT2D eigenvalue weighted by atomic mass is 9.94. The minimum atomic E-state index is -0.342. The molecule has 0 spiro atoms. The van der Waals surface area contributed by atoms with Crippen LogP contribution in [0.5, 0.6) is 0 Å². The third-order valence-electron chi connectivity index (χ3n) is 5.05. The van der Waals surface area contributed by atoms with Gasteiger partial charge in [0.15, 0.2) is 11.9 Å². The van der Waals surface area contributed by atoms with Gasteiger partial charge in [-0.25, -0.2) is 9.78 Å². The van der Waals surface area contributed by atoms with Crippen LogP contribution in [-0.2, 0) is 29.0 Å². The van der Waals surface area contributed by atoms with E-state index in [4.69, 9.17) is 16.3 Å². The van der Waals surface area contributed by atoms with Crippen molar-refractivity contribution in [2.75, 3.05) is 7.11 Å². The monoisotopic (exact) mass is 384 g/mol. The average Bonchev–Trinajstić information content (AvgIpc) is 2.66. The standard InChI is InChI=1S/C20H18ClN3O3/c1-27-20(26)17-8-12-4-2-3-5-13(12)10-24(17)11-18-22-16-9-14(21)6-7-15(16)19(25)23-18/h2-7,9,17H,8,10-11H2,1H3,(H,22,23,25)/p+1/t17-/m1/s1. The molecule has 2 atom stereocenters. The topological polar surface area (TPSA) is 76.5 Å². The molecule has 7 heteroatoms. The van der Waals surface area contributed by atoms with E-state index < -0.39 is 0 Å². The molecule has 138 valence electrons. The van der Waals surface area contributed by atoms with Crippen LogP contribution in [0, 0.1) is 0 Å². The quantitative estimate of drug-likeness (QED) is 0.666. The zero-order valence-corrected chi connectivity index (χ0v) is 15.5. The number of nitrogens with zero attached hydrogens (tertiary/aromatic N) is 1. The summed E-state index contributed by atoms with van der Waals surface area (Å²) in [7, 11) is 1.40. The summed E-state index contributed by atoms with van der Waals surface area (Å²) < 4.78 is 5.01. The van der Waals surface area contributed by atoms with Gasteiger partial charge in [-0.1, -0.05) is 35.9 Å². The van der Waals surface area contributed by atoms with Gasteiger partial charge < -0.3 is 14.6 Å². The molecule has 0 amide bonds. The van der Waals surface area contributed by atoms with Gasteiger partial charge in [0, 0.05) is 17.0 Å². The summed E-state index contributed by atoms with van der Waals surface area (Å²) in [6, 6.07) is 12.7. The van der Waals surface area contributed by atoms with Gasteiger partial charge in [0.2, 0.25) is 0 Å². The van der Waals surface area contributed by atoms with E-state index in [1.165, 1.54) is 12.7 Å². The number of carbonyl (C=O) groups excluding carboxylic acids is 1. The van der Waals surface area contributed by atoms with Gasteiger partial charge in [-0.2, -0.15) is 0 Å². The summed E-state index contributed by atoms with van der Waals surface area (Å²) >= 11 is 6.04. The molecule has 1 aromatic heterocycles. The molecule has 0 radical (unpaired) electrons. The molecule has 1 unspecified atom stereocenters. The van der Waals surface area contributed by atoms with Gasteiger partial charge in [-0.3, -0.25) is 4.79 Å². The molecule has 2 heterocycles. The van der Waals surface area contributed by atoms with Crippen molar-refractivity contribution in [2.24, 2.45) is 0 Å². The normalized spacial score (nSPS) is 18.9. The summed E-state index contributed by atoms with van der Waals surface area (Å²) in [6.07, 6.45) is 0.599. The molecule has 4 rings (SSSR count). The van der Waals surface area contributed by atoms with E-state index in [0.29, 0.717) is 41.3 Å². The van der Waals surface area contributed by atoms with Crippen molar-refractivity contribution < 1.29 is 14.4 Å². The number of halogens is 1. The number of methoxy groups -OCH3 is 1. The third-order valence-corrected chi connectivity index (χ3v) is 5.29. The van der Waals surface area contributed by atoms with Crippen LogP contribution in [0.1, 0.15) is 17.0 Å². The Morgan fingerprint density at radius 1 is 1.30 bits per heavy atom. The number of aromatic amines is 1. The first kappa shape index (κ1) is 17.7. The summed E-state index contributed by atoms with van der Waals surface area (Å²) in [5, 5.41) is 1.02. The number of H-pyrrole nitrogens is 1. The first-order valence-corrected chi connectivity index (χ1v) is 9.10. The molecule has 1 aliphatic heterocycles. The van der Waals surface area contributed by atoms with Crippen LogP contribution >= 0.6 is 11.6 Å². The van der Waals surface area contributed by atoms with Gasteiger partial charge in [0.25, 0.3) is 5.56 Å². The van der Waals surface area contributed by atoms with Gasteiger partial charge in [0.05, 0.1) is 18.0 Å². The molecule has 1 aliphatic rings. The molecule has 0 fully saturated rings. The van der Waals surface area contributed by atoms with Crippen molar-refractivity contribution in [3.63, 3.8) is 0 Å². The maximum absolute atomic E-state index is 12.4. The predicted octanol–water partition coefficient (Wildman–Crippen LogP) is 1.26. The lowest BCUT2D eigenvalue weighted by Gasteiger charge is -2.31. The van der Waals surface area contributed by atoms with Crippen LogP contribution in [0.3, 0.4) is 0 Å². The molecule has 0 saturated heterocycles. The Bertz CT molecular complexity index is 1080. The Morgan fingerprint density at radius 3 is 2.85 bits per heavy atom. The summed E-state index contributed by atoms with van der Waals surface area (Å²) in [6.45, 7) is 1.07. The Labute approximate surface area is 160 Å². The van der Waals surface area contributed by atoms with Crippen molar-refractivity contribution in [2.45, 2.75) is 25.6 Å². The summed E-state index contributed by atoms with van der Waals surface area (Å²) in [5.74, 6) is 0.267. The van der Waals surface area contributed by atoms with E-state index in [0.717, 1.165) is 10.5 Å². The second-order valence-electron chi connectivity index (χ2n) is 6.73. The Morgan fingerprint density at radius 2 is 2.07 bits per heavy atom. The fourth-order valence-electron chi connectivity index (χ4n) is 3.70. The number of carbonyl (C=O) groups is 1. The third kappa shape index (κ3) is 3.46. The van der Waals surface area contributed by atoms with Crippen LogP contribution in [0.15, 0.2) is 47.3 Å². The minimum Gasteiger partial charge on any atom is -0.465 e. The SMILES string of the molecule is COC(=O)[C@H]1Cc2ccccc2C[NH+]1Cc1nc2cc(Cl)ccc2c(=O)[nH]1. The van der Waals surface area contributed by atoms with Crippen molar-refractivity contribution in [1.29, 1.82) is 0 Å². The van der Waals surface area contributed by atoms with Crippen molar-refractivity contribution in [1.82, 2.24) is 9.97 Å². The van der Waals surface area contributed by atoms with Gasteiger partial charge in [-0.15, -0.1) is 0 Å². The fourth-order valence-corrected chi connectivity index (χ4v) is 3.87. The van der Waals surface area contributed by atoms with Crippen LogP contribution in [0.4, 0.5) is 0 Å². The highest BCUT2D eigenvalue weighted by Crippen LogP contribution is 2.16. The highest BCUT2D eigenvalue weighted by atomic mass is 35.5. The van der Waals surface area contributed by atoms with E-state index in [9.17, 15) is 9.59 Å². The number of rotatable bonds is 3. The number of hydrogen-bond donors (Lipinski definition) is 2.